The number of piperidine rings is 1. The maximum atomic E-state index is 6.11. The highest BCUT2D eigenvalue weighted by Gasteiger charge is 2.17. The minimum Gasteiger partial charge on any atom is -0.367 e. The molecule has 1 fully saturated rings. The Hall–Kier alpha value is -0.870. The van der Waals surface area contributed by atoms with Crippen LogP contribution in [0.1, 0.15) is 44.0 Å². The molecule has 0 bridgehead atoms. The minimum absolute atomic E-state index is 0.472. The zero-order valence-corrected chi connectivity index (χ0v) is 13.5. The third-order valence-electron chi connectivity index (χ3n) is 4.12. The fraction of sp³-hybridized carbons (Fsp3) is 0.733. The first-order valence-electron chi connectivity index (χ1n) is 7.56. The van der Waals surface area contributed by atoms with Crippen LogP contribution in [0.4, 0.5) is 5.82 Å². The van der Waals surface area contributed by atoms with Gasteiger partial charge < -0.3 is 10.2 Å². The van der Waals surface area contributed by atoms with E-state index >= 15 is 0 Å². The number of hydrogen-bond acceptors (Lipinski definition) is 4. The number of aromatic nitrogens is 2. The average Bonchev–Trinajstić information content (AvgIpc) is 2.42. The third-order valence-corrected chi connectivity index (χ3v) is 4.38. The number of aryl methyl sites for hydroxylation is 2. The van der Waals surface area contributed by atoms with Gasteiger partial charge in [-0.3, -0.25) is 0 Å². The van der Waals surface area contributed by atoms with Gasteiger partial charge in [0.25, 0.3) is 0 Å². The number of hydrogen-bond donors (Lipinski definition) is 1. The molecule has 20 heavy (non-hydrogen) atoms. The van der Waals surface area contributed by atoms with Crippen molar-refractivity contribution in [3.05, 3.63) is 16.5 Å². The molecule has 1 aromatic rings. The first-order valence-corrected chi connectivity index (χ1v) is 7.94. The summed E-state index contributed by atoms with van der Waals surface area (Å²) >= 11 is 6.11. The van der Waals surface area contributed by atoms with Crippen molar-refractivity contribution in [3.8, 4) is 0 Å². The summed E-state index contributed by atoms with van der Waals surface area (Å²) in [6.45, 7) is 9.49. The van der Waals surface area contributed by atoms with Crippen molar-refractivity contribution in [1.29, 1.82) is 0 Å². The van der Waals surface area contributed by atoms with Gasteiger partial charge in [0.2, 0.25) is 0 Å². The molecule has 0 aliphatic carbocycles. The van der Waals surface area contributed by atoms with Crippen molar-refractivity contribution in [2.24, 2.45) is 0 Å². The highest BCUT2D eigenvalue weighted by Crippen LogP contribution is 2.19. The van der Waals surface area contributed by atoms with E-state index in [0.29, 0.717) is 11.0 Å². The molecule has 5 heteroatoms. The molecule has 112 valence electrons. The standard InChI is InChI=1S/C15H25ClN4/c1-11-7-4-5-9-20(11)10-6-8-17-15-14(16)18-12(2)13(3)19-15/h11H,4-10H2,1-3H3,(H,17,19). The predicted octanol–water partition coefficient (Wildman–Crippen LogP) is 3.42. The molecule has 0 saturated carbocycles. The van der Waals surface area contributed by atoms with E-state index in [4.69, 9.17) is 11.6 Å². The molecular weight excluding hydrogens is 272 g/mol. The lowest BCUT2D eigenvalue weighted by atomic mass is 10.0. The molecule has 1 saturated heterocycles. The Balaban J connectivity index is 1.77. The first-order chi connectivity index (χ1) is 9.58. The highest BCUT2D eigenvalue weighted by atomic mass is 35.5. The second-order valence-corrected chi connectivity index (χ2v) is 6.05. The number of halogens is 1. The van der Waals surface area contributed by atoms with Crippen LogP contribution in [-0.2, 0) is 0 Å². The van der Waals surface area contributed by atoms with Crippen LogP contribution in [-0.4, -0.2) is 40.5 Å². The van der Waals surface area contributed by atoms with Crippen molar-refractivity contribution in [1.82, 2.24) is 14.9 Å². The fourth-order valence-electron chi connectivity index (χ4n) is 2.67. The van der Waals surface area contributed by atoms with E-state index in [0.717, 1.165) is 36.9 Å². The van der Waals surface area contributed by atoms with Gasteiger partial charge in [0.1, 0.15) is 0 Å². The summed E-state index contributed by atoms with van der Waals surface area (Å²) in [6, 6.07) is 0.730. The lowest BCUT2D eigenvalue weighted by Crippen LogP contribution is -2.38. The maximum Gasteiger partial charge on any atom is 0.171 e. The van der Waals surface area contributed by atoms with Crippen LogP contribution in [0.15, 0.2) is 0 Å². The number of rotatable bonds is 5. The van der Waals surface area contributed by atoms with Crippen LogP contribution in [0, 0.1) is 13.8 Å². The SMILES string of the molecule is Cc1nc(Cl)c(NCCCN2CCCCC2C)nc1C. The summed E-state index contributed by atoms with van der Waals surface area (Å²) in [5.41, 5.74) is 1.82. The lowest BCUT2D eigenvalue weighted by molar-refractivity contribution is 0.160. The van der Waals surface area contributed by atoms with Crippen molar-refractivity contribution in [3.63, 3.8) is 0 Å². The van der Waals surface area contributed by atoms with Gasteiger partial charge in [-0.25, -0.2) is 9.97 Å². The van der Waals surface area contributed by atoms with Crippen LogP contribution in [0.2, 0.25) is 5.15 Å². The largest absolute Gasteiger partial charge is 0.367 e. The molecule has 1 N–H and O–H groups in total. The molecular formula is C15H25ClN4. The predicted molar refractivity (Wildman–Crippen MR) is 84.5 cm³/mol. The molecule has 0 spiro atoms. The van der Waals surface area contributed by atoms with E-state index in [1.165, 1.54) is 25.8 Å². The van der Waals surface area contributed by atoms with E-state index in [1.807, 2.05) is 13.8 Å². The molecule has 4 nitrogen and oxygen atoms in total. The summed E-state index contributed by atoms with van der Waals surface area (Å²) < 4.78 is 0. The summed E-state index contributed by atoms with van der Waals surface area (Å²) in [5.74, 6) is 0.710. The first kappa shape index (κ1) is 15.5. The molecule has 1 aliphatic heterocycles. The molecule has 1 unspecified atom stereocenters. The van der Waals surface area contributed by atoms with Gasteiger partial charge in [0, 0.05) is 19.1 Å². The molecule has 0 amide bonds. The van der Waals surface area contributed by atoms with Crippen LogP contribution >= 0.6 is 11.6 Å². The van der Waals surface area contributed by atoms with Crippen molar-refractivity contribution >= 4 is 17.4 Å². The van der Waals surface area contributed by atoms with Gasteiger partial charge in [-0.05, 0) is 46.6 Å². The van der Waals surface area contributed by atoms with E-state index in [1.54, 1.807) is 0 Å². The topological polar surface area (TPSA) is 41.1 Å². The van der Waals surface area contributed by atoms with Crippen LogP contribution in [0.5, 0.6) is 0 Å². The van der Waals surface area contributed by atoms with Gasteiger partial charge in [0.05, 0.1) is 11.4 Å². The highest BCUT2D eigenvalue weighted by molar-refractivity contribution is 6.31. The second kappa shape index (κ2) is 7.23. The molecule has 2 heterocycles. The Morgan fingerprint density at radius 2 is 2.00 bits per heavy atom. The number of nitrogens with one attached hydrogen (secondary N) is 1. The van der Waals surface area contributed by atoms with Crippen LogP contribution < -0.4 is 5.32 Å². The summed E-state index contributed by atoms with van der Waals surface area (Å²) in [7, 11) is 0. The van der Waals surface area contributed by atoms with Gasteiger partial charge in [-0.2, -0.15) is 0 Å². The Morgan fingerprint density at radius 3 is 2.75 bits per heavy atom. The van der Waals surface area contributed by atoms with Crippen LogP contribution in [0.3, 0.4) is 0 Å². The van der Waals surface area contributed by atoms with Crippen molar-refractivity contribution in [2.45, 2.75) is 52.5 Å². The monoisotopic (exact) mass is 296 g/mol. The Morgan fingerprint density at radius 1 is 1.25 bits per heavy atom. The third kappa shape index (κ3) is 4.06. The van der Waals surface area contributed by atoms with Gasteiger partial charge in [-0.1, -0.05) is 18.0 Å². The minimum atomic E-state index is 0.472. The Labute approximate surface area is 126 Å². The zero-order valence-electron chi connectivity index (χ0n) is 12.7. The van der Waals surface area contributed by atoms with Crippen LogP contribution in [0.25, 0.3) is 0 Å². The van der Waals surface area contributed by atoms with E-state index in [-0.39, 0.29) is 0 Å². The normalized spacial score (nSPS) is 20.1. The smallest absolute Gasteiger partial charge is 0.171 e. The van der Waals surface area contributed by atoms with Gasteiger partial charge in [-0.15, -0.1) is 0 Å². The molecule has 0 aromatic carbocycles. The average molecular weight is 297 g/mol. The Kier molecular flexibility index (Phi) is 5.61. The number of anilines is 1. The van der Waals surface area contributed by atoms with Gasteiger partial charge in [0.15, 0.2) is 11.0 Å². The van der Waals surface area contributed by atoms with E-state index < -0.39 is 0 Å². The lowest BCUT2D eigenvalue weighted by Gasteiger charge is -2.33. The van der Waals surface area contributed by atoms with Crippen molar-refractivity contribution in [2.75, 3.05) is 25.0 Å². The van der Waals surface area contributed by atoms with E-state index in [9.17, 15) is 0 Å². The quantitative estimate of drug-likeness (QED) is 0.845. The molecule has 0 radical (unpaired) electrons. The molecule has 2 rings (SSSR count). The summed E-state index contributed by atoms with van der Waals surface area (Å²) in [5, 5.41) is 3.77. The fourth-order valence-corrected chi connectivity index (χ4v) is 2.90. The number of nitrogens with zero attached hydrogens (tertiary/aromatic N) is 3. The molecule has 1 aromatic heterocycles. The van der Waals surface area contributed by atoms with Gasteiger partial charge >= 0.3 is 0 Å². The summed E-state index contributed by atoms with van der Waals surface area (Å²) in [4.78, 5) is 11.3. The Bertz CT molecular complexity index is 450. The molecule has 1 aliphatic rings. The maximum absolute atomic E-state index is 6.11. The van der Waals surface area contributed by atoms with Crippen molar-refractivity contribution < 1.29 is 0 Å². The summed E-state index contributed by atoms with van der Waals surface area (Å²) in [6.07, 6.45) is 5.16. The molecule has 1 atom stereocenters. The zero-order chi connectivity index (χ0) is 14.5. The van der Waals surface area contributed by atoms with E-state index in [2.05, 4.69) is 27.1 Å². The second-order valence-electron chi connectivity index (χ2n) is 5.69. The number of likely N-dealkylation sites (tertiary alicyclic amines) is 1.